The quantitative estimate of drug-likeness (QED) is 0.811. The molecule has 0 fully saturated rings. The van der Waals surface area contributed by atoms with Gasteiger partial charge in [0.15, 0.2) is 0 Å². The van der Waals surface area contributed by atoms with E-state index in [1.807, 2.05) is 61.3 Å². The molecular weight excluding hydrogens is 300 g/mol. The number of benzene rings is 2. The fourth-order valence-corrected chi connectivity index (χ4v) is 2.26. The zero-order valence-corrected chi connectivity index (χ0v) is 14.7. The fraction of sp³-hybridized carbons (Fsp3) is 0.350. The lowest BCUT2D eigenvalue weighted by Crippen LogP contribution is -2.44. The van der Waals surface area contributed by atoms with Crippen molar-refractivity contribution in [2.24, 2.45) is 0 Å². The number of nitrogens with one attached hydrogen (secondary N) is 1. The Morgan fingerprint density at radius 3 is 2.46 bits per heavy atom. The van der Waals surface area contributed by atoms with Crippen LogP contribution in [0.2, 0.25) is 0 Å². The first-order valence-electron chi connectivity index (χ1n) is 8.27. The second-order valence-electron chi connectivity index (χ2n) is 6.02. The fourth-order valence-electron chi connectivity index (χ4n) is 2.26. The molecule has 2 aromatic carbocycles. The molecule has 0 saturated carbocycles. The van der Waals surface area contributed by atoms with Crippen LogP contribution >= 0.6 is 0 Å². The number of likely N-dealkylation sites (N-methyl/N-ethyl adjacent to an activating group) is 1. The van der Waals surface area contributed by atoms with Gasteiger partial charge in [-0.3, -0.25) is 9.69 Å². The average Bonchev–Trinajstić information content (AvgIpc) is 2.61. The van der Waals surface area contributed by atoms with E-state index in [1.165, 1.54) is 5.56 Å². The van der Waals surface area contributed by atoms with Gasteiger partial charge in [-0.2, -0.15) is 0 Å². The van der Waals surface area contributed by atoms with Crippen LogP contribution in [0.5, 0.6) is 5.75 Å². The molecule has 0 aliphatic heterocycles. The molecule has 0 bridgehead atoms. The van der Waals surface area contributed by atoms with Crippen LogP contribution in [-0.4, -0.2) is 37.0 Å². The van der Waals surface area contributed by atoms with Crippen molar-refractivity contribution in [3.05, 3.63) is 65.7 Å². The molecule has 0 saturated heterocycles. The van der Waals surface area contributed by atoms with Crippen molar-refractivity contribution in [2.75, 3.05) is 20.2 Å². The van der Waals surface area contributed by atoms with Crippen LogP contribution in [0.3, 0.4) is 0 Å². The number of para-hydroxylation sites is 1. The highest BCUT2D eigenvalue weighted by Gasteiger charge is 2.17. The van der Waals surface area contributed by atoms with Crippen LogP contribution in [0.1, 0.15) is 18.1 Å². The second-order valence-corrected chi connectivity index (χ2v) is 6.02. The van der Waals surface area contributed by atoms with Crippen molar-refractivity contribution in [3.8, 4) is 5.75 Å². The molecule has 128 valence electrons. The van der Waals surface area contributed by atoms with Crippen LogP contribution in [0, 0.1) is 6.92 Å². The first kappa shape index (κ1) is 18.0. The van der Waals surface area contributed by atoms with E-state index >= 15 is 0 Å². The Kier molecular flexibility index (Phi) is 6.82. The maximum Gasteiger partial charge on any atom is 0.237 e. The number of rotatable bonds is 8. The Bertz CT molecular complexity index is 626. The lowest BCUT2D eigenvalue weighted by atomic mass is 10.1. The van der Waals surface area contributed by atoms with E-state index in [9.17, 15) is 4.79 Å². The van der Waals surface area contributed by atoms with Gasteiger partial charge in [0.05, 0.1) is 6.04 Å². The molecule has 2 aromatic rings. The molecule has 0 aliphatic carbocycles. The smallest absolute Gasteiger partial charge is 0.237 e. The Hall–Kier alpha value is -2.33. The summed E-state index contributed by atoms with van der Waals surface area (Å²) in [4.78, 5) is 14.3. The second kappa shape index (κ2) is 9.08. The number of nitrogens with zero attached hydrogens (tertiary/aromatic N) is 1. The third-order valence-corrected chi connectivity index (χ3v) is 4.08. The summed E-state index contributed by atoms with van der Waals surface area (Å²) in [5.41, 5.74) is 2.33. The summed E-state index contributed by atoms with van der Waals surface area (Å²) in [7, 11) is 1.93. The number of amides is 1. The molecule has 4 nitrogen and oxygen atoms in total. The van der Waals surface area contributed by atoms with E-state index in [4.69, 9.17) is 4.74 Å². The van der Waals surface area contributed by atoms with Gasteiger partial charge in [0.25, 0.3) is 0 Å². The minimum atomic E-state index is -0.199. The summed E-state index contributed by atoms with van der Waals surface area (Å²) in [6.07, 6.45) is 0. The van der Waals surface area contributed by atoms with Crippen LogP contribution in [-0.2, 0) is 11.3 Å². The number of aryl methyl sites for hydroxylation is 1. The van der Waals surface area contributed by atoms with Gasteiger partial charge >= 0.3 is 0 Å². The molecule has 24 heavy (non-hydrogen) atoms. The molecule has 4 heteroatoms. The van der Waals surface area contributed by atoms with Crippen molar-refractivity contribution >= 4 is 5.91 Å². The third-order valence-electron chi connectivity index (χ3n) is 4.08. The molecule has 0 aliphatic rings. The molecule has 0 radical (unpaired) electrons. The van der Waals surface area contributed by atoms with Gasteiger partial charge in [-0.05, 0) is 38.6 Å². The van der Waals surface area contributed by atoms with Gasteiger partial charge < -0.3 is 10.1 Å². The predicted molar refractivity (Wildman–Crippen MR) is 97.1 cm³/mol. The molecule has 1 amide bonds. The molecule has 1 N–H and O–H groups in total. The Morgan fingerprint density at radius 2 is 1.79 bits per heavy atom. The van der Waals surface area contributed by atoms with Gasteiger partial charge in [-0.15, -0.1) is 0 Å². The maximum absolute atomic E-state index is 12.3. The molecule has 0 heterocycles. The van der Waals surface area contributed by atoms with E-state index in [0.29, 0.717) is 19.7 Å². The highest BCUT2D eigenvalue weighted by Crippen LogP contribution is 2.08. The molecule has 0 spiro atoms. The minimum absolute atomic E-state index is 0.0257. The SMILES string of the molecule is Cc1ccc(CNC(=O)C(C)N(C)CCOc2ccccc2)cc1. The number of ether oxygens (including phenoxy) is 1. The summed E-state index contributed by atoms with van der Waals surface area (Å²) < 4.78 is 5.67. The van der Waals surface area contributed by atoms with E-state index in [-0.39, 0.29) is 11.9 Å². The Balaban J connectivity index is 1.72. The van der Waals surface area contributed by atoms with Gasteiger partial charge in [0, 0.05) is 13.1 Å². The highest BCUT2D eigenvalue weighted by atomic mass is 16.5. The lowest BCUT2D eigenvalue weighted by Gasteiger charge is -2.23. The Labute approximate surface area is 144 Å². The summed E-state index contributed by atoms with van der Waals surface area (Å²) in [6.45, 7) is 5.76. The van der Waals surface area contributed by atoms with Crippen molar-refractivity contribution < 1.29 is 9.53 Å². The van der Waals surface area contributed by atoms with Crippen LogP contribution < -0.4 is 10.1 Å². The summed E-state index contributed by atoms with van der Waals surface area (Å²) in [5.74, 6) is 0.875. The van der Waals surface area contributed by atoms with Crippen molar-refractivity contribution in [3.63, 3.8) is 0 Å². The average molecular weight is 326 g/mol. The number of carbonyl (C=O) groups excluding carboxylic acids is 1. The van der Waals surface area contributed by atoms with Gasteiger partial charge in [-0.1, -0.05) is 48.0 Å². The summed E-state index contributed by atoms with van der Waals surface area (Å²) >= 11 is 0. The number of hydrogen-bond acceptors (Lipinski definition) is 3. The Morgan fingerprint density at radius 1 is 1.12 bits per heavy atom. The lowest BCUT2D eigenvalue weighted by molar-refractivity contribution is -0.125. The van der Waals surface area contributed by atoms with Crippen LogP contribution in [0.15, 0.2) is 54.6 Å². The van der Waals surface area contributed by atoms with Gasteiger partial charge in [0.1, 0.15) is 12.4 Å². The van der Waals surface area contributed by atoms with Gasteiger partial charge in [0.2, 0.25) is 5.91 Å². The van der Waals surface area contributed by atoms with E-state index in [1.54, 1.807) is 0 Å². The van der Waals surface area contributed by atoms with Crippen molar-refractivity contribution in [1.29, 1.82) is 0 Å². The minimum Gasteiger partial charge on any atom is -0.492 e. The van der Waals surface area contributed by atoms with Gasteiger partial charge in [-0.25, -0.2) is 0 Å². The van der Waals surface area contributed by atoms with E-state index < -0.39 is 0 Å². The molecular formula is C20H26N2O2. The monoisotopic (exact) mass is 326 g/mol. The molecule has 1 unspecified atom stereocenters. The zero-order chi connectivity index (χ0) is 17.4. The van der Waals surface area contributed by atoms with Crippen LogP contribution in [0.4, 0.5) is 0 Å². The maximum atomic E-state index is 12.3. The topological polar surface area (TPSA) is 41.6 Å². The standard InChI is InChI=1S/C20H26N2O2/c1-16-9-11-18(12-10-16)15-21-20(23)17(2)22(3)13-14-24-19-7-5-4-6-8-19/h4-12,17H,13-15H2,1-3H3,(H,21,23). The molecule has 2 rings (SSSR count). The largest absolute Gasteiger partial charge is 0.492 e. The molecule has 0 aromatic heterocycles. The van der Waals surface area contributed by atoms with E-state index in [2.05, 4.69) is 24.4 Å². The van der Waals surface area contributed by atoms with E-state index in [0.717, 1.165) is 11.3 Å². The first-order chi connectivity index (χ1) is 11.6. The molecule has 1 atom stereocenters. The predicted octanol–water partition coefficient (Wildman–Crippen LogP) is 3.01. The normalized spacial score (nSPS) is 12.0. The summed E-state index contributed by atoms with van der Waals surface area (Å²) in [5, 5.41) is 2.99. The zero-order valence-electron chi connectivity index (χ0n) is 14.7. The number of hydrogen-bond donors (Lipinski definition) is 1. The van der Waals surface area contributed by atoms with Crippen LogP contribution in [0.25, 0.3) is 0 Å². The summed E-state index contributed by atoms with van der Waals surface area (Å²) in [6, 6.07) is 17.7. The van der Waals surface area contributed by atoms with Crippen molar-refractivity contribution in [2.45, 2.75) is 26.4 Å². The third kappa shape index (κ3) is 5.70. The number of carbonyl (C=O) groups is 1. The first-order valence-corrected chi connectivity index (χ1v) is 8.27. The van der Waals surface area contributed by atoms with Crippen molar-refractivity contribution in [1.82, 2.24) is 10.2 Å². The highest BCUT2D eigenvalue weighted by molar-refractivity contribution is 5.81.